The van der Waals surface area contributed by atoms with Crippen molar-refractivity contribution in [3.05, 3.63) is 108 Å². The van der Waals surface area contributed by atoms with Crippen molar-refractivity contribution in [2.24, 2.45) is 23.3 Å². The number of carbonyl (C=O) groups is 19. The van der Waals surface area contributed by atoms with E-state index in [1.54, 1.807) is 99.0 Å². The van der Waals surface area contributed by atoms with E-state index in [4.69, 9.17) is 11.5 Å². The molecule has 0 saturated carbocycles. The Hall–Kier alpha value is -13.2. The average Bonchev–Trinajstić information content (AvgIpc) is 1.64. The number of aromatic amines is 3. The summed E-state index contributed by atoms with van der Waals surface area (Å²) >= 11 is 8.41. The Balaban J connectivity index is 1.07. The number of nitrogens with one attached hydrogen (secondary N) is 17. The minimum Gasteiger partial charge on any atom is -0.481 e. The Labute approximate surface area is 706 Å². The molecule has 3 aromatic carbocycles. The number of aliphatic hydroxyl groups excluding tert-OH is 1. The number of H-pyrrole nitrogens is 3. The van der Waals surface area contributed by atoms with E-state index in [0.29, 0.717) is 49.4 Å². The van der Waals surface area contributed by atoms with Gasteiger partial charge in [-0.15, -0.1) is 0 Å². The molecule has 6 aromatic rings. The van der Waals surface area contributed by atoms with Crippen LogP contribution in [0, 0.1) is 11.8 Å². The van der Waals surface area contributed by atoms with Gasteiger partial charge in [-0.05, 0) is 66.0 Å². The molecule has 26 N–H and O–H groups in total. The molecule has 12 atom stereocenters. The summed E-state index contributed by atoms with van der Waals surface area (Å²) in [7, 11) is 0. The van der Waals surface area contributed by atoms with Gasteiger partial charge in [-0.2, -0.15) is 25.3 Å². The first-order valence-corrected chi connectivity index (χ1v) is 39.6. The van der Waals surface area contributed by atoms with Crippen molar-refractivity contribution in [2.75, 3.05) is 37.7 Å². The lowest BCUT2D eigenvalue weighted by Gasteiger charge is -2.27. The zero-order valence-corrected chi connectivity index (χ0v) is 68.4. The number of hydrogen-bond donors (Lipinski definition) is 26. The van der Waals surface area contributed by atoms with E-state index in [1.165, 1.54) is 20.0 Å². The topological polar surface area (TPSA) is 693 Å². The minimum atomic E-state index is -2.10. The molecule has 3 aromatic heterocycles. The number of carboxylic acid groups (broad SMARTS) is 4. The quantitative estimate of drug-likeness (QED) is 0.0159. The van der Waals surface area contributed by atoms with Gasteiger partial charge in [0.2, 0.25) is 88.6 Å². The van der Waals surface area contributed by atoms with E-state index < -0.39 is 261 Å². The van der Waals surface area contributed by atoms with Crippen molar-refractivity contribution in [2.45, 2.75) is 164 Å². The van der Waals surface area contributed by atoms with Crippen LogP contribution in [0.2, 0.25) is 0 Å². The van der Waals surface area contributed by atoms with Gasteiger partial charge in [0.15, 0.2) is 0 Å². The number of amides is 15. The lowest BCUT2D eigenvalue weighted by atomic mass is 10.00. The molecule has 0 bridgehead atoms. The van der Waals surface area contributed by atoms with Crippen LogP contribution in [0.5, 0.6) is 0 Å². The number of nitrogens with two attached hydrogens (primary N) is 2. The van der Waals surface area contributed by atoms with Crippen molar-refractivity contribution in [3.63, 3.8) is 0 Å². The number of aliphatic carboxylic acids is 4. The zero-order chi connectivity index (χ0) is 90.2. The largest absolute Gasteiger partial charge is 0.481 e. The van der Waals surface area contributed by atoms with Gasteiger partial charge >= 0.3 is 23.9 Å². The molecule has 122 heavy (non-hydrogen) atoms. The lowest BCUT2D eigenvalue weighted by molar-refractivity contribution is -0.143. The van der Waals surface area contributed by atoms with Crippen LogP contribution in [0.4, 0.5) is 0 Å². The summed E-state index contributed by atoms with van der Waals surface area (Å²) < 4.78 is 0. The molecule has 0 aliphatic carbocycles. The van der Waals surface area contributed by atoms with Crippen molar-refractivity contribution in [1.82, 2.24) is 89.4 Å². The molecule has 0 unspecified atom stereocenters. The Bertz CT molecular complexity index is 4820. The monoisotopic (exact) mass is 1740 g/mol. The number of carboxylic acids is 4. The number of aromatic nitrogens is 3. The molecule has 6 rings (SSSR count). The maximum Gasteiger partial charge on any atom is 0.326 e. The number of benzene rings is 3. The van der Waals surface area contributed by atoms with E-state index in [-0.39, 0.29) is 37.4 Å². The van der Waals surface area contributed by atoms with Crippen LogP contribution in [0.15, 0.2) is 91.4 Å². The normalized spacial score (nSPS) is 14.1. The second-order valence-corrected chi connectivity index (χ2v) is 29.8. The minimum absolute atomic E-state index is 0.0379. The fourth-order valence-corrected chi connectivity index (χ4v) is 13.0. The van der Waals surface area contributed by atoms with E-state index in [0.717, 1.165) is 0 Å². The Morgan fingerprint density at radius 1 is 0.377 bits per heavy atom. The number of carbonyl (C=O) groups excluding carboxylic acids is 15. The molecule has 15 amide bonds. The van der Waals surface area contributed by atoms with E-state index in [2.05, 4.69) is 104 Å². The van der Waals surface area contributed by atoms with Crippen LogP contribution in [-0.2, 0) is 110 Å². The maximum atomic E-state index is 14.8. The first-order chi connectivity index (χ1) is 57.8. The number of rotatable bonds is 51. The van der Waals surface area contributed by atoms with Crippen molar-refractivity contribution in [3.8, 4) is 0 Å². The summed E-state index contributed by atoms with van der Waals surface area (Å²) in [6.07, 6.45) is -0.833. The molecule has 3 heterocycles. The van der Waals surface area contributed by atoms with Crippen molar-refractivity contribution in [1.29, 1.82) is 0 Å². The summed E-state index contributed by atoms with van der Waals surface area (Å²) in [5.74, 6) is -24.4. The molecule has 0 spiro atoms. The van der Waals surface area contributed by atoms with E-state index >= 15 is 0 Å². The summed E-state index contributed by atoms with van der Waals surface area (Å²) in [6.45, 7) is 2.64. The fraction of sp³-hybridized carbons (Fsp3) is 0.442. The van der Waals surface area contributed by atoms with Gasteiger partial charge in [0.05, 0.1) is 39.1 Å². The summed E-state index contributed by atoms with van der Waals surface area (Å²) in [5, 5.41) is 83.1. The van der Waals surface area contributed by atoms with Crippen LogP contribution in [0.3, 0.4) is 0 Å². The predicted molar refractivity (Wildman–Crippen MR) is 441 cm³/mol. The van der Waals surface area contributed by atoms with Gasteiger partial charge in [-0.3, -0.25) is 86.3 Å². The van der Waals surface area contributed by atoms with Crippen molar-refractivity contribution >= 4 is 170 Å². The SMILES string of the molecule is CC(C)C[C@H](NC(=O)[C@H](Cc1c[nH]c2ccccc12)NC(=O)[C@H](Cc1c[nH]c2ccccc12)NC(=O)[C@H](CS)NC(=O)[C@H](CCC(=O)O)NC(=O)[C@@H](NC(=O)CNC(=O)CNC(=O)[C@H](CC(N)=O)NC(=O)[C@H](CC(=O)O)NC(=O)CNC(=O)[C@H](CCC(=O)O)NC(=O)[C@H](Cc1c[nH]c2ccccc12)NC(=O)[C@H](CS)NC(=O)[C@@H](N)CO)C(C)C)C(=O)O. The molecule has 43 nitrogen and oxygen atoms in total. The van der Waals surface area contributed by atoms with Crippen LogP contribution < -0.4 is 85.9 Å². The van der Waals surface area contributed by atoms with Gasteiger partial charge in [-0.1, -0.05) is 82.3 Å². The number of aliphatic hydroxyl groups is 1. The molecular weight excluding hydrogens is 1640 g/mol. The Morgan fingerprint density at radius 2 is 0.713 bits per heavy atom. The van der Waals surface area contributed by atoms with Gasteiger partial charge in [-0.25, -0.2) is 4.79 Å². The number of hydrogen-bond acceptors (Lipinski definition) is 23. The van der Waals surface area contributed by atoms with Gasteiger partial charge in [0.1, 0.15) is 72.5 Å². The molecule has 0 radical (unpaired) electrons. The van der Waals surface area contributed by atoms with Gasteiger partial charge < -0.3 is 126 Å². The number of thiol groups is 2. The van der Waals surface area contributed by atoms with Crippen LogP contribution in [-0.4, -0.2) is 263 Å². The fourth-order valence-electron chi connectivity index (χ4n) is 12.5. The third-order valence-electron chi connectivity index (χ3n) is 18.9. The Morgan fingerprint density at radius 3 is 1.11 bits per heavy atom. The number of primary amides is 1. The smallest absolute Gasteiger partial charge is 0.326 e. The third-order valence-corrected chi connectivity index (χ3v) is 19.6. The number of para-hydroxylation sites is 3. The zero-order valence-electron chi connectivity index (χ0n) is 66.6. The Kier molecular flexibility index (Phi) is 38.1. The molecule has 0 fully saturated rings. The third kappa shape index (κ3) is 30.6. The van der Waals surface area contributed by atoms with Crippen LogP contribution in [0.1, 0.15) is 89.3 Å². The molecule has 0 saturated heterocycles. The lowest BCUT2D eigenvalue weighted by Crippen LogP contribution is -2.61. The highest BCUT2D eigenvalue weighted by Gasteiger charge is 2.38. The van der Waals surface area contributed by atoms with Gasteiger partial charge in [0.25, 0.3) is 0 Å². The molecule has 0 aliphatic heterocycles. The van der Waals surface area contributed by atoms with Crippen LogP contribution >= 0.6 is 25.3 Å². The first kappa shape index (κ1) is 97.7. The average molecular weight is 1740 g/mol. The second kappa shape index (κ2) is 47.6. The maximum absolute atomic E-state index is 14.8. The highest BCUT2D eigenvalue weighted by Crippen LogP contribution is 2.24. The summed E-state index contributed by atoms with van der Waals surface area (Å²) in [4.78, 5) is 263. The highest BCUT2D eigenvalue weighted by molar-refractivity contribution is 7.80. The van der Waals surface area contributed by atoms with Gasteiger partial charge in [0, 0.05) is 94.9 Å². The molecular formula is C77H101N19O24S2. The highest BCUT2D eigenvalue weighted by atomic mass is 32.1. The molecule has 0 aliphatic rings. The standard InChI is InChI=1S/C77H101N19O24S2/c1-36(2)21-55(77(119)120)93-72(114)52(24-40-29-82-47-16-10-7-13-43(40)47)89-71(113)51(23-39-28-81-46-15-9-6-12-42(39)46)91-75(117)57(35-122)95-69(111)49(18-20-63(104)105)88-76(118)65(37(3)4)96-61(101)31-83-59(99)30-84-68(110)53(25-58(79)98)92-73(115)54(26-64(106)107)86-60(100)32-85-67(109)48(17-19-62(102)103)87-70(112)50(22-38-27-80-45-14-8-5-11-41(38)45)90-74(116)56(34-121)94-66(108)44(78)33-97/h5-16,27-29,36-37,44,48-57,65,80-82,97,121-122H,17-26,30-35,78H2,1-4H3,(H2,79,98)(H,83,99)(H,84,110)(H,85,109)(H,86,100)(H,87,112)(H,88,118)(H,89,113)(H,90,116)(H,91,117)(H,92,115)(H,93,114)(H,94,108)(H,95,111)(H,96,101)(H,102,103)(H,104,105)(H,106,107)(H,119,120)/t44-,48-,49-,50-,51-,52-,53-,54-,55-,56-,57-,65-/m0/s1. The van der Waals surface area contributed by atoms with E-state index in [9.17, 15) is 117 Å². The first-order valence-electron chi connectivity index (χ1n) is 38.3. The van der Waals surface area contributed by atoms with Crippen LogP contribution in [0.25, 0.3) is 32.7 Å². The number of fused-ring (bicyclic) bond motifs is 3. The predicted octanol–water partition coefficient (Wildman–Crippen LogP) is -5.11. The van der Waals surface area contributed by atoms with Crippen molar-refractivity contribution < 1.29 is 117 Å². The molecule has 45 heteroatoms. The summed E-state index contributed by atoms with van der Waals surface area (Å²) in [5.41, 5.74) is 14.5. The summed E-state index contributed by atoms with van der Waals surface area (Å²) in [6, 6.07) is 1.34. The molecule has 660 valence electrons. The second-order valence-electron chi connectivity index (χ2n) is 29.1. The van der Waals surface area contributed by atoms with E-state index in [1.807, 2.05) is 10.6 Å².